The van der Waals surface area contributed by atoms with E-state index in [0.717, 1.165) is 66.5 Å². The molecule has 2 aromatic heterocycles. The van der Waals surface area contributed by atoms with Crippen LogP contribution in [0.5, 0.6) is 5.75 Å². The van der Waals surface area contributed by atoms with E-state index >= 15 is 0 Å². The molecule has 0 amide bonds. The van der Waals surface area contributed by atoms with E-state index in [-0.39, 0.29) is 5.41 Å². The monoisotopic (exact) mass is 458 g/mol. The fourth-order valence-corrected chi connectivity index (χ4v) is 4.67. The Labute approximate surface area is 199 Å². The summed E-state index contributed by atoms with van der Waals surface area (Å²) < 4.78 is 12.8. The van der Waals surface area contributed by atoms with Crippen LogP contribution in [-0.4, -0.2) is 46.6 Å². The number of anilines is 1. The van der Waals surface area contributed by atoms with Crippen molar-refractivity contribution in [3.05, 3.63) is 78.1 Å². The predicted octanol–water partition coefficient (Wildman–Crippen LogP) is 4.62. The highest BCUT2D eigenvalue weighted by atomic mass is 16.5. The second-order valence-electron chi connectivity index (χ2n) is 8.92. The van der Waals surface area contributed by atoms with E-state index in [9.17, 15) is 5.11 Å². The van der Waals surface area contributed by atoms with Crippen molar-refractivity contribution < 1.29 is 14.6 Å². The highest BCUT2D eigenvalue weighted by Crippen LogP contribution is 2.36. The number of nitrogens with one attached hydrogen (secondary N) is 1. The number of methoxy groups -OCH3 is 1. The maximum atomic E-state index is 9.98. The minimum Gasteiger partial charge on any atom is -0.497 e. The van der Waals surface area contributed by atoms with Gasteiger partial charge in [-0.05, 0) is 60.7 Å². The molecule has 1 atom stereocenters. The number of hydrogen-bond donors (Lipinski definition) is 2. The number of nitrogens with zero attached hydrogens (tertiary/aromatic N) is 3. The zero-order chi connectivity index (χ0) is 23.5. The van der Waals surface area contributed by atoms with Crippen molar-refractivity contribution in [3.8, 4) is 16.9 Å². The predicted molar refractivity (Wildman–Crippen MR) is 132 cm³/mol. The van der Waals surface area contributed by atoms with Gasteiger partial charge in [-0.15, -0.1) is 0 Å². The molecule has 0 spiro atoms. The van der Waals surface area contributed by atoms with Crippen molar-refractivity contribution in [3.63, 3.8) is 0 Å². The topological polar surface area (TPSA) is 80.9 Å². The lowest BCUT2D eigenvalue weighted by atomic mass is 9.74. The SMILES string of the molecule is COc1ccc(C2(CNc3ccn4ncc(-c5cccc(C(C)O)c5)c4n3)CCOCC2)cc1. The smallest absolute Gasteiger partial charge is 0.165 e. The molecule has 0 radical (unpaired) electrons. The molecule has 1 saturated heterocycles. The first kappa shape index (κ1) is 22.4. The molecule has 1 aliphatic rings. The maximum absolute atomic E-state index is 9.98. The number of aromatic nitrogens is 3. The minimum absolute atomic E-state index is 0.0347. The van der Waals surface area contributed by atoms with Crippen molar-refractivity contribution in [1.29, 1.82) is 0 Å². The average Bonchev–Trinajstić information content (AvgIpc) is 3.31. The van der Waals surface area contributed by atoms with Crippen LogP contribution < -0.4 is 10.1 Å². The summed E-state index contributed by atoms with van der Waals surface area (Å²) in [5, 5.41) is 18.0. The molecule has 2 N–H and O–H groups in total. The van der Waals surface area contributed by atoms with Gasteiger partial charge in [0.25, 0.3) is 0 Å². The second kappa shape index (κ2) is 9.44. The number of benzene rings is 2. The highest BCUT2D eigenvalue weighted by molar-refractivity contribution is 5.78. The molecule has 0 saturated carbocycles. The van der Waals surface area contributed by atoms with Crippen LogP contribution in [0.4, 0.5) is 5.82 Å². The Hall–Kier alpha value is -3.42. The van der Waals surface area contributed by atoms with Gasteiger partial charge in [-0.1, -0.05) is 30.3 Å². The molecule has 4 aromatic rings. The number of aliphatic hydroxyl groups is 1. The summed E-state index contributed by atoms with van der Waals surface area (Å²) in [7, 11) is 1.69. The van der Waals surface area contributed by atoms with E-state index in [2.05, 4.69) is 22.5 Å². The Kier molecular flexibility index (Phi) is 6.22. The lowest BCUT2D eigenvalue weighted by molar-refractivity contribution is 0.0543. The van der Waals surface area contributed by atoms with Gasteiger partial charge < -0.3 is 19.9 Å². The molecular weight excluding hydrogens is 428 g/mol. The van der Waals surface area contributed by atoms with Gasteiger partial charge in [0.05, 0.1) is 19.4 Å². The molecule has 5 rings (SSSR count). The summed E-state index contributed by atoms with van der Waals surface area (Å²) in [5.74, 6) is 1.67. The molecule has 0 aliphatic carbocycles. The molecule has 3 heterocycles. The van der Waals surface area contributed by atoms with Crippen LogP contribution in [0, 0.1) is 0 Å². The summed E-state index contributed by atoms with van der Waals surface area (Å²) >= 11 is 0. The molecule has 7 heteroatoms. The largest absolute Gasteiger partial charge is 0.497 e. The van der Waals surface area contributed by atoms with Crippen LogP contribution in [0.2, 0.25) is 0 Å². The van der Waals surface area contributed by atoms with Crippen LogP contribution in [0.1, 0.15) is 37.0 Å². The zero-order valence-electron chi connectivity index (χ0n) is 19.6. The summed E-state index contributed by atoms with van der Waals surface area (Å²) in [5.41, 5.74) is 4.81. The lowest BCUT2D eigenvalue weighted by Gasteiger charge is -2.38. The van der Waals surface area contributed by atoms with Crippen molar-refractivity contribution in [2.75, 3.05) is 32.2 Å². The van der Waals surface area contributed by atoms with Gasteiger partial charge in [0, 0.05) is 36.9 Å². The normalized spacial score (nSPS) is 16.3. The maximum Gasteiger partial charge on any atom is 0.165 e. The Morgan fingerprint density at radius 1 is 1.15 bits per heavy atom. The van der Waals surface area contributed by atoms with E-state index < -0.39 is 6.10 Å². The van der Waals surface area contributed by atoms with Crippen LogP contribution in [-0.2, 0) is 10.2 Å². The molecule has 34 heavy (non-hydrogen) atoms. The van der Waals surface area contributed by atoms with Crippen molar-refractivity contribution >= 4 is 11.5 Å². The van der Waals surface area contributed by atoms with Gasteiger partial charge in [-0.2, -0.15) is 5.10 Å². The first-order chi connectivity index (χ1) is 16.6. The van der Waals surface area contributed by atoms with Crippen LogP contribution in [0.15, 0.2) is 67.0 Å². The molecule has 176 valence electrons. The van der Waals surface area contributed by atoms with Gasteiger partial charge in [-0.3, -0.25) is 0 Å². The first-order valence-electron chi connectivity index (χ1n) is 11.7. The highest BCUT2D eigenvalue weighted by Gasteiger charge is 2.34. The number of fused-ring (bicyclic) bond motifs is 1. The Morgan fingerprint density at radius 2 is 1.94 bits per heavy atom. The summed E-state index contributed by atoms with van der Waals surface area (Å²) in [4.78, 5) is 4.90. The zero-order valence-corrected chi connectivity index (χ0v) is 19.6. The van der Waals surface area contributed by atoms with E-state index in [1.54, 1.807) is 18.5 Å². The molecule has 7 nitrogen and oxygen atoms in total. The van der Waals surface area contributed by atoms with Gasteiger partial charge in [-0.25, -0.2) is 9.50 Å². The summed E-state index contributed by atoms with van der Waals surface area (Å²) in [6.07, 6.45) is 5.11. The molecular formula is C27H30N4O3. The van der Waals surface area contributed by atoms with Crippen LogP contribution >= 0.6 is 0 Å². The van der Waals surface area contributed by atoms with Gasteiger partial charge in [0.1, 0.15) is 11.6 Å². The molecule has 0 bridgehead atoms. The van der Waals surface area contributed by atoms with Crippen molar-refractivity contribution in [2.24, 2.45) is 0 Å². The average molecular weight is 459 g/mol. The van der Waals surface area contributed by atoms with E-state index in [4.69, 9.17) is 14.5 Å². The Bertz CT molecular complexity index is 1260. The third kappa shape index (κ3) is 4.36. The van der Waals surface area contributed by atoms with Gasteiger partial charge in [0.15, 0.2) is 5.65 Å². The number of aliphatic hydroxyl groups excluding tert-OH is 1. The Morgan fingerprint density at radius 3 is 2.68 bits per heavy atom. The van der Waals surface area contributed by atoms with Gasteiger partial charge >= 0.3 is 0 Å². The van der Waals surface area contributed by atoms with E-state index in [1.807, 2.05) is 54.9 Å². The molecule has 1 unspecified atom stereocenters. The van der Waals surface area contributed by atoms with Gasteiger partial charge in [0.2, 0.25) is 0 Å². The third-order valence-corrected chi connectivity index (χ3v) is 6.81. The van der Waals surface area contributed by atoms with E-state index in [0.29, 0.717) is 0 Å². The van der Waals surface area contributed by atoms with Crippen molar-refractivity contribution in [2.45, 2.75) is 31.3 Å². The number of hydrogen-bond acceptors (Lipinski definition) is 6. The third-order valence-electron chi connectivity index (χ3n) is 6.81. The van der Waals surface area contributed by atoms with Crippen LogP contribution in [0.3, 0.4) is 0 Å². The van der Waals surface area contributed by atoms with Crippen molar-refractivity contribution in [1.82, 2.24) is 14.6 Å². The summed E-state index contributed by atoms with van der Waals surface area (Å²) in [6, 6.07) is 18.2. The molecule has 2 aromatic carbocycles. The summed E-state index contributed by atoms with van der Waals surface area (Å²) in [6.45, 7) is 4.01. The fraction of sp³-hybridized carbons (Fsp3) is 0.333. The lowest BCUT2D eigenvalue weighted by Crippen LogP contribution is -2.40. The first-order valence-corrected chi connectivity index (χ1v) is 11.7. The minimum atomic E-state index is -0.527. The standard InChI is InChI=1S/C27H30N4O3/c1-19(32)20-4-3-5-21(16-20)24-17-29-31-13-10-25(30-26(24)31)28-18-27(11-14-34-15-12-27)22-6-8-23(33-2)9-7-22/h3-10,13,16-17,19,32H,11-12,14-15,18H2,1-2H3,(H,28,30). The Balaban J connectivity index is 1.43. The van der Waals surface area contributed by atoms with E-state index in [1.165, 1.54) is 5.56 Å². The molecule has 1 aliphatic heterocycles. The quantitative estimate of drug-likeness (QED) is 0.421. The fourth-order valence-electron chi connectivity index (χ4n) is 4.67. The number of rotatable bonds is 7. The second-order valence-corrected chi connectivity index (χ2v) is 8.92. The van der Waals surface area contributed by atoms with Crippen LogP contribution in [0.25, 0.3) is 16.8 Å². The molecule has 1 fully saturated rings. The number of ether oxygens (including phenoxy) is 2.